The van der Waals surface area contributed by atoms with Crippen molar-refractivity contribution in [2.75, 3.05) is 63.8 Å². The Bertz CT molecular complexity index is 610. The molecule has 4 aliphatic heterocycles. The Morgan fingerprint density at radius 3 is 2.54 bits per heavy atom. The molecule has 4 saturated heterocycles. The molecule has 0 saturated carbocycles. The van der Waals surface area contributed by atoms with Crippen LogP contribution in [-0.2, 0) is 0 Å². The van der Waals surface area contributed by atoms with Crippen molar-refractivity contribution in [2.24, 2.45) is 4.99 Å². The summed E-state index contributed by atoms with van der Waals surface area (Å²) in [6, 6.07) is 7.20. The summed E-state index contributed by atoms with van der Waals surface area (Å²) in [5.74, 6) is 2.07. The molecule has 7 nitrogen and oxygen atoms in total. The predicted molar refractivity (Wildman–Crippen MR) is 126 cm³/mol. The molecule has 1 atom stereocenters. The predicted octanol–water partition coefficient (Wildman–Crippen LogP) is 1.22. The van der Waals surface area contributed by atoms with E-state index in [1.807, 2.05) is 12.3 Å². The summed E-state index contributed by atoms with van der Waals surface area (Å²) in [6.07, 6.45) is 4.11. The number of hydrogen-bond donors (Lipinski definition) is 2. The highest BCUT2D eigenvalue weighted by atomic mass is 127. The topological polar surface area (TPSA) is 59.0 Å². The fourth-order valence-electron chi connectivity index (χ4n) is 4.40. The van der Waals surface area contributed by atoms with E-state index in [1.54, 1.807) is 0 Å². The number of piperidine rings is 1. The van der Waals surface area contributed by atoms with Crippen LogP contribution in [0.25, 0.3) is 0 Å². The lowest BCUT2D eigenvalue weighted by Crippen LogP contribution is -2.62. The first-order chi connectivity index (χ1) is 13.3. The van der Waals surface area contributed by atoms with Gasteiger partial charge in [-0.1, -0.05) is 6.07 Å². The van der Waals surface area contributed by atoms with Crippen LogP contribution in [0.3, 0.4) is 0 Å². The van der Waals surface area contributed by atoms with Gasteiger partial charge in [0.2, 0.25) is 0 Å². The second kappa shape index (κ2) is 10.6. The molecule has 0 radical (unpaired) electrons. The first-order valence-corrected chi connectivity index (χ1v) is 10.5. The first kappa shape index (κ1) is 21.6. The van der Waals surface area contributed by atoms with Gasteiger partial charge in [0.05, 0.1) is 6.54 Å². The van der Waals surface area contributed by atoms with Crippen molar-refractivity contribution in [2.45, 2.75) is 31.8 Å². The number of anilines is 1. The van der Waals surface area contributed by atoms with Crippen molar-refractivity contribution in [3.05, 3.63) is 24.4 Å². The Hall–Kier alpha value is -1.13. The Kier molecular flexibility index (Phi) is 8.16. The average Bonchev–Trinajstić information content (AvgIpc) is 2.74. The highest BCUT2D eigenvalue weighted by Crippen LogP contribution is 2.18. The molecule has 1 aromatic heterocycles. The third kappa shape index (κ3) is 5.48. The van der Waals surface area contributed by atoms with Crippen LogP contribution in [0.1, 0.15) is 19.8 Å². The largest absolute Gasteiger partial charge is 0.357 e. The number of rotatable bonds is 5. The van der Waals surface area contributed by atoms with E-state index >= 15 is 0 Å². The highest BCUT2D eigenvalue weighted by Gasteiger charge is 2.31. The summed E-state index contributed by atoms with van der Waals surface area (Å²) < 4.78 is 0. The van der Waals surface area contributed by atoms with Gasteiger partial charge in [0.15, 0.2) is 5.96 Å². The lowest BCUT2D eigenvalue weighted by atomic mass is 10.1. The lowest BCUT2D eigenvalue weighted by Gasteiger charge is -2.47. The van der Waals surface area contributed by atoms with Crippen LogP contribution in [0.5, 0.6) is 0 Å². The molecular formula is C20H34IN7. The quantitative estimate of drug-likeness (QED) is 0.361. The standard InChI is InChI=1S/C20H33N7.HI/c1-2-21-20(23-15-18-16-25-11-13-26(18)14-12-25)24-17-6-9-27(10-7-17)19-5-3-4-8-22-19;/h3-5,8,17-18H,2,6-7,9-16H2,1H3,(H2,21,23,24);1H. The molecule has 28 heavy (non-hydrogen) atoms. The van der Waals surface area contributed by atoms with Gasteiger partial charge in [0, 0.05) is 70.6 Å². The third-order valence-corrected chi connectivity index (χ3v) is 6.01. The van der Waals surface area contributed by atoms with E-state index < -0.39 is 0 Å². The number of pyridine rings is 1. The van der Waals surface area contributed by atoms with Crippen LogP contribution in [-0.4, -0.2) is 91.7 Å². The molecule has 5 heterocycles. The summed E-state index contributed by atoms with van der Waals surface area (Å²) >= 11 is 0. The Balaban J connectivity index is 0.00000225. The van der Waals surface area contributed by atoms with Crippen LogP contribution in [0.15, 0.2) is 29.4 Å². The Morgan fingerprint density at radius 2 is 1.93 bits per heavy atom. The van der Waals surface area contributed by atoms with Crippen molar-refractivity contribution < 1.29 is 0 Å². The van der Waals surface area contributed by atoms with Gasteiger partial charge in [0.25, 0.3) is 0 Å². The molecule has 5 rings (SSSR count). The number of hydrogen-bond acceptors (Lipinski definition) is 5. The van der Waals surface area contributed by atoms with E-state index in [1.165, 1.54) is 32.7 Å². The summed E-state index contributed by atoms with van der Waals surface area (Å²) in [7, 11) is 0. The van der Waals surface area contributed by atoms with Crippen LogP contribution >= 0.6 is 24.0 Å². The van der Waals surface area contributed by atoms with Crippen molar-refractivity contribution in [1.82, 2.24) is 25.4 Å². The molecule has 156 valence electrons. The molecule has 2 N–H and O–H groups in total. The van der Waals surface area contributed by atoms with Gasteiger partial charge in [0.1, 0.15) is 5.82 Å². The Labute approximate surface area is 186 Å². The maximum atomic E-state index is 4.93. The summed E-state index contributed by atoms with van der Waals surface area (Å²) in [5, 5.41) is 7.11. The number of nitrogens with zero attached hydrogens (tertiary/aromatic N) is 5. The number of guanidine groups is 1. The number of piperazine rings is 3. The van der Waals surface area contributed by atoms with Crippen molar-refractivity contribution in [3.8, 4) is 0 Å². The molecule has 1 unspecified atom stereocenters. The molecular weight excluding hydrogens is 465 g/mol. The fraction of sp³-hybridized carbons (Fsp3) is 0.700. The number of aromatic nitrogens is 1. The van der Waals surface area contributed by atoms with Crippen molar-refractivity contribution in [3.63, 3.8) is 0 Å². The minimum absolute atomic E-state index is 0. The third-order valence-electron chi connectivity index (χ3n) is 6.01. The van der Waals surface area contributed by atoms with Gasteiger partial charge in [-0.15, -0.1) is 24.0 Å². The summed E-state index contributed by atoms with van der Waals surface area (Å²) in [6.45, 7) is 12.0. The molecule has 8 heteroatoms. The van der Waals surface area contributed by atoms with Crippen LogP contribution in [0.4, 0.5) is 5.82 Å². The first-order valence-electron chi connectivity index (χ1n) is 10.5. The van der Waals surface area contributed by atoms with Crippen LogP contribution < -0.4 is 15.5 Å². The molecule has 0 aliphatic carbocycles. The Morgan fingerprint density at radius 1 is 1.14 bits per heavy atom. The highest BCUT2D eigenvalue weighted by molar-refractivity contribution is 14.0. The smallest absolute Gasteiger partial charge is 0.191 e. The van der Waals surface area contributed by atoms with Gasteiger partial charge >= 0.3 is 0 Å². The second-order valence-electron chi connectivity index (χ2n) is 7.80. The summed E-state index contributed by atoms with van der Waals surface area (Å²) in [5.41, 5.74) is 0. The average molecular weight is 499 g/mol. The molecule has 1 aromatic rings. The zero-order valence-corrected chi connectivity index (χ0v) is 19.2. The molecule has 2 bridgehead atoms. The molecule has 4 aliphatic rings. The zero-order chi connectivity index (χ0) is 18.5. The van der Waals surface area contributed by atoms with E-state index in [9.17, 15) is 0 Å². The van der Waals surface area contributed by atoms with Crippen LogP contribution in [0.2, 0.25) is 0 Å². The van der Waals surface area contributed by atoms with E-state index in [0.717, 1.165) is 50.8 Å². The van der Waals surface area contributed by atoms with Crippen LogP contribution in [0, 0.1) is 0 Å². The number of nitrogens with one attached hydrogen (secondary N) is 2. The monoisotopic (exact) mass is 499 g/mol. The summed E-state index contributed by atoms with van der Waals surface area (Å²) in [4.78, 5) is 17.0. The minimum atomic E-state index is 0. The van der Waals surface area contributed by atoms with Gasteiger partial charge in [-0.2, -0.15) is 0 Å². The molecule has 4 fully saturated rings. The van der Waals surface area contributed by atoms with Crippen molar-refractivity contribution in [1.29, 1.82) is 0 Å². The maximum absolute atomic E-state index is 4.93. The number of fused-ring (bicyclic) bond motifs is 3. The van der Waals surface area contributed by atoms with E-state index in [4.69, 9.17) is 4.99 Å². The molecule has 0 spiro atoms. The van der Waals surface area contributed by atoms with Crippen molar-refractivity contribution >= 4 is 35.8 Å². The van der Waals surface area contributed by atoms with Gasteiger partial charge in [-0.25, -0.2) is 4.98 Å². The van der Waals surface area contributed by atoms with E-state index in [2.05, 4.69) is 49.4 Å². The SMILES string of the molecule is CCNC(=NCC1CN2CCN1CC2)NC1CCN(c2ccccn2)CC1.I. The van der Waals surface area contributed by atoms with Gasteiger partial charge in [-0.3, -0.25) is 14.8 Å². The fourth-order valence-corrected chi connectivity index (χ4v) is 4.40. The van der Waals surface area contributed by atoms with E-state index in [-0.39, 0.29) is 24.0 Å². The van der Waals surface area contributed by atoms with E-state index in [0.29, 0.717) is 12.1 Å². The lowest BCUT2D eigenvalue weighted by molar-refractivity contribution is 0.0174. The van der Waals surface area contributed by atoms with Gasteiger partial charge < -0.3 is 15.5 Å². The number of aliphatic imine (C=N–C) groups is 1. The maximum Gasteiger partial charge on any atom is 0.191 e. The number of halogens is 1. The minimum Gasteiger partial charge on any atom is -0.357 e. The normalized spacial score (nSPS) is 28.0. The van der Waals surface area contributed by atoms with Gasteiger partial charge in [-0.05, 0) is 31.9 Å². The molecule has 0 amide bonds. The molecule has 0 aromatic carbocycles. The zero-order valence-electron chi connectivity index (χ0n) is 16.9. The second-order valence-corrected chi connectivity index (χ2v) is 7.80.